The molecule has 0 spiro atoms. The zero-order chi connectivity index (χ0) is 12.7. The van der Waals surface area contributed by atoms with E-state index >= 15 is 0 Å². The smallest absolute Gasteiger partial charge is 0.0568 e. The third-order valence-corrected chi connectivity index (χ3v) is 3.68. The number of nitrogens with zero attached hydrogens (tertiary/aromatic N) is 3. The van der Waals surface area contributed by atoms with Gasteiger partial charge in [0.05, 0.1) is 6.20 Å². The van der Waals surface area contributed by atoms with Crippen LogP contribution in [-0.4, -0.2) is 23.4 Å². The molecular weight excluding hydrogens is 222 g/mol. The van der Waals surface area contributed by atoms with E-state index in [1.165, 1.54) is 28.8 Å². The zero-order valence-electron chi connectivity index (χ0n) is 11.2. The molecule has 1 atom stereocenters. The Morgan fingerprint density at radius 1 is 1.22 bits per heavy atom. The first-order valence-corrected chi connectivity index (χ1v) is 6.46. The average Bonchev–Trinajstić information content (AvgIpc) is 2.75. The van der Waals surface area contributed by atoms with Crippen molar-refractivity contribution < 1.29 is 0 Å². The fourth-order valence-electron chi connectivity index (χ4n) is 2.88. The van der Waals surface area contributed by atoms with Crippen LogP contribution in [0.3, 0.4) is 0 Å². The number of hydrogen-bond donors (Lipinski definition) is 0. The van der Waals surface area contributed by atoms with Gasteiger partial charge in [-0.25, -0.2) is 0 Å². The Labute approximate surface area is 108 Å². The fraction of sp³-hybridized carbons (Fsp3) is 0.400. The molecule has 0 saturated heterocycles. The van der Waals surface area contributed by atoms with Crippen LogP contribution in [-0.2, 0) is 13.5 Å². The summed E-state index contributed by atoms with van der Waals surface area (Å²) >= 11 is 0. The summed E-state index contributed by atoms with van der Waals surface area (Å²) in [5.41, 5.74) is 5.30. The Bertz CT molecular complexity index is 571. The SMILES string of the molecule is C[C@@H]1Cc2cc(-c3cnn(C)c3)ccc2N(C)C1. The summed E-state index contributed by atoms with van der Waals surface area (Å²) in [6, 6.07) is 6.75. The van der Waals surface area contributed by atoms with Crippen LogP contribution in [0.25, 0.3) is 11.1 Å². The van der Waals surface area contributed by atoms with Crippen molar-refractivity contribution in [3.05, 3.63) is 36.2 Å². The summed E-state index contributed by atoms with van der Waals surface area (Å²) in [6.45, 7) is 3.47. The predicted molar refractivity (Wildman–Crippen MR) is 74.8 cm³/mol. The Morgan fingerprint density at radius 2 is 2.06 bits per heavy atom. The van der Waals surface area contributed by atoms with Gasteiger partial charge in [0.25, 0.3) is 0 Å². The minimum atomic E-state index is 0.728. The molecule has 0 unspecified atom stereocenters. The van der Waals surface area contributed by atoms with Gasteiger partial charge in [-0.3, -0.25) is 4.68 Å². The van der Waals surface area contributed by atoms with E-state index in [9.17, 15) is 0 Å². The van der Waals surface area contributed by atoms with E-state index in [0.717, 1.165) is 12.5 Å². The largest absolute Gasteiger partial charge is 0.374 e. The van der Waals surface area contributed by atoms with Crippen LogP contribution in [0.1, 0.15) is 12.5 Å². The highest BCUT2D eigenvalue weighted by atomic mass is 15.2. The van der Waals surface area contributed by atoms with Gasteiger partial charge in [0, 0.05) is 38.1 Å². The highest BCUT2D eigenvalue weighted by Gasteiger charge is 2.19. The van der Waals surface area contributed by atoms with Gasteiger partial charge in [-0.2, -0.15) is 5.10 Å². The van der Waals surface area contributed by atoms with Gasteiger partial charge < -0.3 is 4.90 Å². The Hall–Kier alpha value is -1.77. The fourth-order valence-corrected chi connectivity index (χ4v) is 2.88. The molecule has 0 aliphatic carbocycles. The molecule has 1 aliphatic rings. The van der Waals surface area contributed by atoms with Crippen molar-refractivity contribution in [2.24, 2.45) is 13.0 Å². The number of aryl methyl sites for hydroxylation is 1. The third-order valence-electron chi connectivity index (χ3n) is 3.68. The summed E-state index contributed by atoms with van der Waals surface area (Å²) in [4.78, 5) is 2.36. The van der Waals surface area contributed by atoms with Crippen molar-refractivity contribution in [1.29, 1.82) is 0 Å². The minimum Gasteiger partial charge on any atom is -0.374 e. The molecule has 3 rings (SSSR count). The van der Waals surface area contributed by atoms with Crippen LogP contribution in [0.2, 0.25) is 0 Å². The number of aromatic nitrogens is 2. The van der Waals surface area contributed by atoms with E-state index in [4.69, 9.17) is 0 Å². The first-order chi connectivity index (χ1) is 8.63. The van der Waals surface area contributed by atoms with Crippen molar-refractivity contribution in [2.75, 3.05) is 18.5 Å². The van der Waals surface area contributed by atoms with Crippen LogP contribution < -0.4 is 4.90 Å². The van der Waals surface area contributed by atoms with E-state index in [-0.39, 0.29) is 0 Å². The molecule has 1 aromatic heterocycles. The quantitative estimate of drug-likeness (QED) is 0.765. The highest BCUT2D eigenvalue weighted by molar-refractivity contribution is 5.68. The molecule has 18 heavy (non-hydrogen) atoms. The second-order valence-corrected chi connectivity index (χ2v) is 5.44. The maximum absolute atomic E-state index is 4.24. The van der Waals surface area contributed by atoms with E-state index in [1.807, 2.05) is 17.9 Å². The molecule has 2 aromatic rings. The average molecular weight is 241 g/mol. The molecule has 0 saturated carbocycles. The van der Waals surface area contributed by atoms with E-state index in [1.54, 1.807) is 0 Å². The molecule has 1 aliphatic heterocycles. The number of fused-ring (bicyclic) bond motifs is 1. The van der Waals surface area contributed by atoms with E-state index in [0.29, 0.717) is 0 Å². The number of hydrogen-bond acceptors (Lipinski definition) is 2. The first kappa shape index (κ1) is 11.3. The summed E-state index contributed by atoms with van der Waals surface area (Å²) in [7, 11) is 4.13. The molecule has 3 nitrogen and oxygen atoms in total. The standard InChI is InChI=1S/C15H19N3/c1-11-6-13-7-12(14-8-16-18(3)10-14)4-5-15(13)17(2)9-11/h4-5,7-8,10-11H,6,9H2,1-3H3/t11-/m1/s1. The topological polar surface area (TPSA) is 21.1 Å². The second kappa shape index (κ2) is 4.16. The first-order valence-electron chi connectivity index (χ1n) is 6.46. The molecular formula is C15H19N3. The van der Waals surface area contributed by atoms with Crippen LogP contribution in [0.5, 0.6) is 0 Å². The van der Waals surface area contributed by atoms with Gasteiger partial charge in [0.15, 0.2) is 0 Å². The lowest BCUT2D eigenvalue weighted by Crippen LogP contribution is -2.30. The van der Waals surface area contributed by atoms with Gasteiger partial charge in [0.1, 0.15) is 0 Å². The third kappa shape index (κ3) is 1.90. The van der Waals surface area contributed by atoms with Crippen molar-refractivity contribution >= 4 is 5.69 Å². The van der Waals surface area contributed by atoms with Crippen LogP contribution in [0, 0.1) is 5.92 Å². The molecule has 94 valence electrons. The molecule has 0 radical (unpaired) electrons. The van der Waals surface area contributed by atoms with E-state index < -0.39 is 0 Å². The molecule has 0 fully saturated rings. The zero-order valence-corrected chi connectivity index (χ0v) is 11.2. The molecule has 2 heterocycles. The summed E-state index contributed by atoms with van der Waals surface area (Å²) in [5.74, 6) is 0.728. The maximum atomic E-state index is 4.24. The Balaban J connectivity index is 2.03. The molecule has 0 N–H and O–H groups in total. The summed E-state index contributed by atoms with van der Waals surface area (Å²) < 4.78 is 1.85. The van der Waals surface area contributed by atoms with Crippen LogP contribution >= 0.6 is 0 Å². The maximum Gasteiger partial charge on any atom is 0.0568 e. The minimum absolute atomic E-state index is 0.728. The van der Waals surface area contributed by atoms with Crippen molar-refractivity contribution in [1.82, 2.24) is 9.78 Å². The predicted octanol–water partition coefficient (Wildman–Crippen LogP) is 2.72. The van der Waals surface area contributed by atoms with E-state index in [2.05, 4.69) is 48.4 Å². The highest BCUT2D eigenvalue weighted by Crippen LogP contribution is 2.32. The van der Waals surface area contributed by atoms with Gasteiger partial charge in [-0.15, -0.1) is 0 Å². The number of anilines is 1. The summed E-state index contributed by atoms with van der Waals surface area (Å²) in [6.07, 6.45) is 5.17. The van der Waals surface area contributed by atoms with Gasteiger partial charge in [-0.1, -0.05) is 13.0 Å². The summed E-state index contributed by atoms with van der Waals surface area (Å²) in [5, 5.41) is 4.24. The lowest BCUT2D eigenvalue weighted by Gasteiger charge is -2.32. The lowest BCUT2D eigenvalue weighted by molar-refractivity contribution is 0.552. The number of rotatable bonds is 1. The van der Waals surface area contributed by atoms with Gasteiger partial charge >= 0.3 is 0 Å². The van der Waals surface area contributed by atoms with Crippen molar-refractivity contribution in [3.8, 4) is 11.1 Å². The molecule has 3 heteroatoms. The molecule has 0 amide bonds. The Kier molecular flexibility index (Phi) is 2.62. The van der Waals surface area contributed by atoms with Gasteiger partial charge in [0.2, 0.25) is 0 Å². The normalized spacial score (nSPS) is 18.8. The van der Waals surface area contributed by atoms with Crippen LogP contribution in [0.4, 0.5) is 5.69 Å². The van der Waals surface area contributed by atoms with Gasteiger partial charge in [-0.05, 0) is 35.6 Å². The lowest BCUT2D eigenvalue weighted by atomic mass is 9.92. The molecule has 1 aromatic carbocycles. The Morgan fingerprint density at radius 3 is 2.78 bits per heavy atom. The molecule has 0 bridgehead atoms. The second-order valence-electron chi connectivity index (χ2n) is 5.44. The van der Waals surface area contributed by atoms with Crippen molar-refractivity contribution in [3.63, 3.8) is 0 Å². The van der Waals surface area contributed by atoms with Crippen LogP contribution in [0.15, 0.2) is 30.6 Å². The monoisotopic (exact) mass is 241 g/mol. The van der Waals surface area contributed by atoms with Crippen molar-refractivity contribution in [2.45, 2.75) is 13.3 Å². The number of benzene rings is 1.